The minimum atomic E-state index is 0.588. The zero-order valence-electron chi connectivity index (χ0n) is 13.8. The molecule has 0 amide bonds. The number of aryl methyl sites for hydroxylation is 1. The molecule has 2 heterocycles. The van der Waals surface area contributed by atoms with Gasteiger partial charge in [-0.05, 0) is 20.5 Å². The summed E-state index contributed by atoms with van der Waals surface area (Å²) in [5.41, 5.74) is 1.23. The highest BCUT2D eigenvalue weighted by Crippen LogP contribution is 2.12. The number of hydrogen-bond donors (Lipinski definition) is 1. The summed E-state index contributed by atoms with van der Waals surface area (Å²) >= 11 is 0. The smallest absolute Gasteiger partial charge is 0.106 e. The molecule has 1 aromatic heterocycles. The number of hydrogen-bond acceptors (Lipinski definition) is 4. The maximum absolute atomic E-state index is 5.74. The maximum Gasteiger partial charge on any atom is 0.106 e. The van der Waals surface area contributed by atoms with E-state index >= 15 is 0 Å². The number of aromatic nitrogens is 2. The Morgan fingerprint density at radius 1 is 1.48 bits per heavy atom. The lowest BCUT2D eigenvalue weighted by atomic mass is 10.1. The van der Waals surface area contributed by atoms with Gasteiger partial charge < -0.3 is 14.6 Å². The third-order valence-corrected chi connectivity index (χ3v) is 3.89. The van der Waals surface area contributed by atoms with Crippen molar-refractivity contribution in [2.45, 2.75) is 32.7 Å². The van der Waals surface area contributed by atoms with Crippen LogP contribution in [0, 0.1) is 5.92 Å². The van der Waals surface area contributed by atoms with Crippen molar-refractivity contribution in [1.82, 2.24) is 19.8 Å². The first kappa shape index (κ1) is 16.5. The van der Waals surface area contributed by atoms with Crippen LogP contribution in [0.2, 0.25) is 0 Å². The van der Waals surface area contributed by atoms with Gasteiger partial charge in [0.25, 0.3) is 0 Å². The Labute approximate surface area is 128 Å². The van der Waals surface area contributed by atoms with Gasteiger partial charge in [0.2, 0.25) is 0 Å². The standard InChI is InChI=1S/C16H30N4O/c1-4-5-6-16-17-9-15(18-16)12-20-7-8-21-13-14(11-20)10-19(2)3/h9,14H,4-8,10-13H2,1-3H3,(H,17,18)/t14-/m0/s1. The summed E-state index contributed by atoms with van der Waals surface area (Å²) in [6, 6.07) is 0. The van der Waals surface area contributed by atoms with E-state index in [1.165, 1.54) is 18.5 Å². The molecule has 1 N–H and O–H groups in total. The molecule has 1 aliphatic heterocycles. The second-order valence-electron chi connectivity index (χ2n) is 6.40. The Hall–Kier alpha value is -0.910. The minimum absolute atomic E-state index is 0.588. The number of unbranched alkanes of at least 4 members (excludes halogenated alkanes) is 1. The van der Waals surface area contributed by atoms with Crippen molar-refractivity contribution in [3.8, 4) is 0 Å². The van der Waals surface area contributed by atoms with Gasteiger partial charge >= 0.3 is 0 Å². The molecule has 2 rings (SSSR count). The first-order valence-electron chi connectivity index (χ1n) is 8.15. The van der Waals surface area contributed by atoms with Gasteiger partial charge in [-0.2, -0.15) is 0 Å². The third-order valence-electron chi connectivity index (χ3n) is 3.89. The van der Waals surface area contributed by atoms with Crippen molar-refractivity contribution in [1.29, 1.82) is 0 Å². The fourth-order valence-corrected chi connectivity index (χ4v) is 2.92. The van der Waals surface area contributed by atoms with Crippen LogP contribution >= 0.6 is 0 Å². The highest BCUT2D eigenvalue weighted by atomic mass is 16.5. The van der Waals surface area contributed by atoms with E-state index in [9.17, 15) is 0 Å². The van der Waals surface area contributed by atoms with Gasteiger partial charge in [0.05, 0.1) is 13.2 Å². The van der Waals surface area contributed by atoms with Crippen LogP contribution in [0.5, 0.6) is 0 Å². The molecule has 1 atom stereocenters. The van der Waals surface area contributed by atoms with Crippen LogP contribution in [0.3, 0.4) is 0 Å². The molecule has 5 heteroatoms. The van der Waals surface area contributed by atoms with E-state index in [1.54, 1.807) is 0 Å². The molecule has 1 fully saturated rings. The predicted octanol–water partition coefficient (Wildman–Crippen LogP) is 1.76. The third kappa shape index (κ3) is 5.77. The highest BCUT2D eigenvalue weighted by molar-refractivity contribution is 5.01. The molecule has 0 aromatic carbocycles. The summed E-state index contributed by atoms with van der Waals surface area (Å²) < 4.78 is 5.74. The maximum atomic E-state index is 5.74. The Morgan fingerprint density at radius 2 is 2.33 bits per heavy atom. The number of nitrogens with one attached hydrogen (secondary N) is 1. The van der Waals surface area contributed by atoms with E-state index in [1.807, 2.05) is 6.20 Å². The summed E-state index contributed by atoms with van der Waals surface area (Å²) in [7, 11) is 4.26. The number of aromatic amines is 1. The molecule has 0 saturated carbocycles. The fraction of sp³-hybridized carbons (Fsp3) is 0.812. The van der Waals surface area contributed by atoms with Gasteiger partial charge in [-0.1, -0.05) is 13.3 Å². The lowest BCUT2D eigenvalue weighted by Gasteiger charge is -2.24. The van der Waals surface area contributed by atoms with Crippen LogP contribution in [0.15, 0.2) is 6.20 Å². The summed E-state index contributed by atoms with van der Waals surface area (Å²) in [6.07, 6.45) is 5.47. The predicted molar refractivity (Wildman–Crippen MR) is 85.3 cm³/mol. The summed E-state index contributed by atoms with van der Waals surface area (Å²) in [4.78, 5) is 12.7. The topological polar surface area (TPSA) is 44.4 Å². The fourth-order valence-electron chi connectivity index (χ4n) is 2.92. The van der Waals surface area contributed by atoms with Crippen LogP contribution < -0.4 is 0 Å². The quantitative estimate of drug-likeness (QED) is 0.832. The Balaban J connectivity index is 1.86. The first-order chi connectivity index (χ1) is 10.2. The average molecular weight is 294 g/mol. The molecule has 1 saturated heterocycles. The van der Waals surface area contributed by atoms with E-state index in [0.717, 1.165) is 51.6 Å². The molecule has 21 heavy (non-hydrogen) atoms. The van der Waals surface area contributed by atoms with Crippen molar-refractivity contribution in [2.75, 3.05) is 46.9 Å². The van der Waals surface area contributed by atoms with E-state index in [4.69, 9.17) is 4.74 Å². The van der Waals surface area contributed by atoms with Gasteiger partial charge in [0.1, 0.15) is 5.82 Å². The molecule has 0 spiro atoms. The van der Waals surface area contributed by atoms with E-state index in [2.05, 4.69) is 40.8 Å². The van der Waals surface area contributed by atoms with Gasteiger partial charge in [0, 0.05) is 50.4 Å². The molecular weight excluding hydrogens is 264 g/mol. The van der Waals surface area contributed by atoms with Crippen LogP contribution in [0.4, 0.5) is 0 Å². The normalized spacial score (nSPS) is 20.9. The van der Waals surface area contributed by atoms with Crippen molar-refractivity contribution >= 4 is 0 Å². The number of H-pyrrole nitrogens is 1. The van der Waals surface area contributed by atoms with Gasteiger partial charge in [-0.25, -0.2) is 4.98 Å². The van der Waals surface area contributed by atoms with Crippen LogP contribution in [-0.2, 0) is 17.7 Å². The van der Waals surface area contributed by atoms with Crippen molar-refractivity contribution in [3.05, 3.63) is 17.7 Å². The lowest BCUT2D eigenvalue weighted by Crippen LogP contribution is -2.34. The zero-order chi connectivity index (χ0) is 15.1. The van der Waals surface area contributed by atoms with Crippen LogP contribution in [0.25, 0.3) is 0 Å². The SMILES string of the molecule is CCCCc1ncc(CN2CCOC[C@@H](CN(C)C)C2)[nH]1. The Morgan fingerprint density at radius 3 is 3.10 bits per heavy atom. The molecule has 1 aliphatic rings. The molecule has 0 aliphatic carbocycles. The number of imidazole rings is 1. The zero-order valence-corrected chi connectivity index (χ0v) is 13.8. The molecule has 0 radical (unpaired) electrons. The van der Waals surface area contributed by atoms with Crippen molar-refractivity contribution in [2.24, 2.45) is 5.92 Å². The van der Waals surface area contributed by atoms with Gasteiger partial charge in [0.15, 0.2) is 0 Å². The molecule has 1 aromatic rings. The Kier molecular flexibility index (Phi) is 6.67. The monoisotopic (exact) mass is 294 g/mol. The lowest BCUT2D eigenvalue weighted by molar-refractivity contribution is 0.112. The van der Waals surface area contributed by atoms with E-state index < -0.39 is 0 Å². The Bertz CT molecular complexity index is 405. The number of nitrogens with zero attached hydrogens (tertiary/aromatic N) is 3. The first-order valence-corrected chi connectivity index (χ1v) is 8.15. The summed E-state index contributed by atoms with van der Waals surface area (Å²) in [6.45, 7) is 8.06. The average Bonchev–Trinajstić information content (AvgIpc) is 2.76. The van der Waals surface area contributed by atoms with Crippen molar-refractivity contribution in [3.63, 3.8) is 0 Å². The molecule has 120 valence electrons. The summed E-state index contributed by atoms with van der Waals surface area (Å²) in [5.74, 6) is 1.72. The van der Waals surface area contributed by atoms with E-state index in [-0.39, 0.29) is 0 Å². The van der Waals surface area contributed by atoms with Crippen molar-refractivity contribution < 1.29 is 4.74 Å². The van der Waals surface area contributed by atoms with Gasteiger partial charge in [-0.15, -0.1) is 0 Å². The second-order valence-corrected chi connectivity index (χ2v) is 6.40. The minimum Gasteiger partial charge on any atom is -0.380 e. The number of ether oxygens (including phenoxy) is 1. The van der Waals surface area contributed by atoms with Crippen LogP contribution in [-0.4, -0.2) is 66.7 Å². The van der Waals surface area contributed by atoms with Crippen LogP contribution in [0.1, 0.15) is 31.3 Å². The molecule has 0 bridgehead atoms. The molecule has 0 unspecified atom stereocenters. The second kappa shape index (κ2) is 8.51. The summed E-state index contributed by atoms with van der Waals surface area (Å²) in [5, 5.41) is 0. The number of rotatable bonds is 7. The molecular formula is C16H30N4O. The molecule has 5 nitrogen and oxygen atoms in total. The van der Waals surface area contributed by atoms with Gasteiger partial charge in [-0.3, -0.25) is 4.90 Å². The largest absolute Gasteiger partial charge is 0.380 e. The van der Waals surface area contributed by atoms with E-state index in [0.29, 0.717) is 5.92 Å². The highest BCUT2D eigenvalue weighted by Gasteiger charge is 2.19.